The van der Waals surface area contributed by atoms with Gasteiger partial charge in [0, 0.05) is 19.2 Å². The zero-order valence-corrected chi connectivity index (χ0v) is 13.3. The van der Waals surface area contributed by atoms with E-state index in [2.05, 4.69) is 16.2 Å². The number of hydrogen-bond donors (Lipinski definition) is 3. The second-order valence-corrected chi connectivity index (χ2v) is 5.04. The molecule has 1 amide bonds. The van der Waals surface area contributed by atoms with Gasteiger partial charge >= 0.3 is 0 Å². The molecule has 0 aliphatic rings. The molecule has 114 valence electrons. The molecule has 0 bridgehead atoms. The summed E-state index contributed by atoms with van der Waals surface area (Å²) >= 11 is 5.04. The molecule has 0 aromatic heterocycles. The molecule has 0 radical (unpaired) electrons. The van der Waals surface area contributed by atoms with E-state index in [1.165, 1.54) is 6.08 Å². The van der Waals surface area contributed by atoms with Crippen molar-refractivity contribution in [2.45, 2.75) is 19.9 Å². The zero-order valence-electron chi connectivity index (χ0n) is 12.5. The number of aryl methyl sites for hydroxylation is 1. The molecule has 0 aliphatic carbocycles. The molecule has 0 aliphatic heterocycles. The third-order valence-corrected chi connectivity index (χ3v) is 2.92. The molecular weight excluding hydrogens is 286 g/mol. The fourth-order valence-corrected chi connectivity index (χ4v) is 1.90. The molecule has 0 spiro atoms. The largest absolute Gasteiger partial charge is 0.383 e. The molecule has 0 saturated heterocycles. The van der Waals surface area contributed by atoms with Gasteiger partial charge in [-0.25, -0.2) is 0 Å². The van der Waals surface area contributed by atoms with E-state index in [1.54, 1.807) is 13.2 Å². The van der Waals surface area contributed by atoms with Crippen LogP contribution in [-0.4, -0.2) is 30.8 Å². The molecule has 1 rings (SSSR count). The fraction of sp³-hybridized carbons (Fsp3) is 0.333. The van der Waals surface area contributed by atoms with Gasteiger partial charge in [0.25, 0.3) is 5.91 Å². The molecule has 0 fully saturated rings. The molecule has 1 aromatic carbocycles. The van der Waals surface area contributed by atoms with Gasteiger partial charge in [-0.15, -0.1) is 0 Å². The Morgan fingerprint density at radius 1 is 1.38 bits per heavy atom. The van der Waals surface area contributed by atoms with Crippen molar-refractivity contribution < 1.29 is 9.53 Å². The summed E-state index contributed by atoms with van der Waals surface area (Å²) in [6.45, 7) is 4.45. The Kier molecular flexibility index (Phi) is 7.42. The highest BCUT2D eigenvalue weighted by Gasteiger charge is 2.03. The zero-order chi connectivity index (χ0) is 15.7. The van der Waals surface area contributed by atoms with E-state index < -0.39 is 0 Å². The first kappa shape index (κ1) is 17.1. The second kappa shape index (κ2) is 9.10. The number of nitrogens with one attached hydrogen (secondary N) is 3. The van der Waals surface area contributed by atoms with E-state index in [1.807, 2.05) is 38.1 Å². The number of thiocarbonyl (C=S) groups is 1. The third kappa shape index (κ3) is 6.87. The second-order valence-electron chi connectivity index (χ2n) is 4.63. The predicted molar refractivity (Wildman–Crippen MR) is 88.6 cm³/mol. The molecular formula is C15H21N3O2S. The van der Waals surface area contributed by atoms with E-state index in [0.717, 1.165) is 11.1 Å². The fourth-order valence-electron chi connectivity index (χ4n) is 1.65. The predicted octanol–water partition coefficient (Wildman–Crippen LogP) is 1.54. The molecule has 0 heterocycles. The lowest BCUT2D eigenvalue weighted by Gasteiger charge is -2.15. The first-order chi connectivity index (χ1) is 10.0. The summed E-state index contributed by atoms with van der Waals surface area (Å²) in [4.78, 5) is 11.7. The van der Waals surface area contributed by atoms with Crippen LogP contribution in [0.5, 0.6) is 0 Å². The molecule has 5 nitrogen and oxygen atoms in total. The normalized spacial score (nSPS) is 12.0. The average molecular weight is 307 g/mol. The Bertz CT molecular complexity index is 517. The van der Waals surface area contributed by atoms with Crippen LogP contribution in [0.15, 0.2) is 30.3 Å². The van der Waals surface area contributed by atoms with Crippen LogP contribution in [0.2, 0.25) is 0 Å². The van der Waals surface area contributed by atoms with Crippen LogP contribution in [0.4, 0.5) is 0 Å². The Hall–Kier alpha value is -1.92. The number of amides is 1. The van der Waals surface area contributed by atoms with Crippen LogP contribution in [0.25, 0.3) is 6.08 Å². The Morgan fingerprint density at radius 2 is 2.10 bits per heavy atom. The maximum absolute atomic E-state index is 11.7. The lowest BCUT2D eigenvalue weighted by atomic mass is 10.1. The van der Waals surface area contributed by atoms with E-state index in [0.29, 0.717) is 11.7 Å². The minimum Gasteiger partial charge on any atom is -0.383 e. The molecule has 0 saturated carbocycles. The number of hydrazine groups is 1. The summed E-state index contributed by atoms with van der Waals surface area (Å²) in [5.74, 6) is -0.276. The van der Waals surface area contributed by atoms with Crippen molar-refractivity contribution in [3.05, 3.63) is 41.5 Å². The molecule has 1 aromatic rings. The van der Waals surface area contributed by atoms with Crippen LogP contribution >= 0.6 is 12.2 Å². The van der Waals surface area contributed by atoms with Crippen molar-refractivity contribution in [3.8, 4) is 0 Å². The average Bonchev–Trinajstić information content (AvgIpc) is 2.44. The van der Waals surface area contributed by atoms with Crippen molar-refractivity contribution in [3.63, 3.8) is 0 Å². The molecule has 3 N–H and O–H groups in total. The van der Waals surface area contributed by atoms with Gasteiger partial charge in [0.15, 0.2) is 5.11 Å². The summed E-state index contributed by atoms with van der Waals surface area (Å²) in [5, 5.41) is 3.32. The number of rotatable bonds is 5. The monoisotopic (exact) mass is 307 g/mol. The van der Waals surface area contributed by atoms with Crippen molar-refractivity contribution in [1.82, 2.24) is 16.2 Å². The van der Waals surface area contributed by atoms with Crippen LogP contribution in [-0.2, 0) is 9.53 Å². The van der Waals surface area contributed by atoms with Gasteiger partial charge in [0.05, 0.1) is 6.61 Å². The van der Waals surface area contributed by atoms with E-state index in [9.17, 15) is 4.79 Å². The summed E-state index contributed by atoms with van der Waals surface area (Å²) in [6, 6.07) is 7.89. The maximum atomic E-state index is 11.7. The van der Waals surface area contributed by atoms with Gasteiger partial charge < -0.3 is 10.1 Å². The quantitative estimate of drug-likeness (QED) is 0.437. The third-order valence-electron chi connectivity index (χ3n) is 2.70. The van der Waals surface area contributed by atoms with E-state index in [4.69, 9.17) is 17.0 Å². The van der Waals surface area contributed by atoms with Gasteiger partial charge in [0.2, 0.25) is 0 Å². The minimum absolute atomic E-state index is 0.0643. The number of methoxy groups -OCH3 is 1. The van der Waals surface area contributed by atoms with Crippen molar-refractivity contribution in [2.75, 3.05) is 13.7 Å². The number of benzene rings is 1. The summed E-state index contributed by atoms with van der Waals surface area (Å²) < 4.78 is 4.98. The summed E-state index contributed by atoms with van der Waals surface area (Å²) in [5.41, 5.74) is 7.25. The topological polar surface area (TPSA) is 62.4 Å². The number of ether oxygens (including phenoxy) is 1. The first-order valence-electron chi connectivity index (χ1n) is 6.62. The van der Waals surface area contributed by atoms with E-state index >= 15 is 0 Å². The van der Waals surface area contributed by atoms with Crippen LogP contribution in [0.3, 0.4) is 0 Å². The number of hydrogen-bond acceptors (Lipinski definition) is 3. The minimum atomic E-state index is -0.276. The summed E-state index contributed by atoms with van der Waals surface area (Å²) in [6.07, 6.45) is 3.22. The molecule has 21 heavy (non-hydrogen) atoms. The van der Waals surface area contributed by atoms with Gasteiger partial charge in [-0.05, 0) is 43.3 Å². The molecule has 1 atom stereocenters. The molecule has 6 heteroatoms. The van der Waals surface area contributed by atoms with Gasteiger partial charge in [-0.1, -0.05) is 24.3 Å². The highest BCUT2D eigenvalue weighted by Crippen LogP contribution is 2.08. The lowest BCUT2D eigenvalue weighted by molar-refractivity contribution is -0.116. The van der Waals surface area contributed by atoms with E-state index in [-0.39, 0.29) is 11.9 Å². The Morgan fingerprint density at radius 3 is 2.76 bits per heavy atom. The lowest BCUT2D eigenvalue weighted by Crippen LogP contribution is -2.49. The summed E-state index contributed by atoms with van der Waals surface area (Å²) in [7, 11) is 1.62. The van der Waals surface area contributed by atoms with Gasteiger partial charge in [0.1, 0.15) is 0 Å². The van der Waals surface area contributed by atoms with Crippen LogP contribution in [0.1, 0.15) is 18.1 Å². The first-order valence-corrected chi connectivity index (χ1v) is 7.03. The van der Waals surface area contributed by atoms with Crippen LogP contribution < -0.4 is 16.2 Å². The Balaban J connectivity index is 2.37. The number of carbonyl (C=O) groups excluding carboxylic acids is 1. The Labute approximate surface area is 130 Å². The molecule has 0 unspecified atom stereocenters. The number of carbonyl (C=O) groups is 1. The van der Waals surface area contributed by atoms with Crippen LogP contribution in [0, 0.1) is 6.92 Å². The van der Waals surface area contributed by atoms with Gasteiger partial charge in [-0.2, -0.15) is 0 Å². The smallest absolute Gasteiger partial charge is 0.262 e. The van der Waals surface area contributed by atoms with Gasteiger partial charge in [-0.3, -0.25) is 15.6 Å². The SMILES string of the molecule is COC[C@H](C)NC(=S)NNC(=O)/C=C/c1ccccc1C. The van der Waals surface area contributed by atoms with Crippen molar-refractivity contribution in [1.29, 1.82) is 0 Å². The standard InChI is InChI=1S/C15H21N3O2S/c1-11-6-4-5-7-13(11)8-9-14(19)17-18-15(21)16-12(2)10-20-3/h4-9,12H,10H2,1-3H3,(H,17,19)(H2,16,18,21)/b9-8+/t12-/m0/s1. The van der Waals surface area contributed by atoms with Crippen molar-refractivity contribution in [2.24, 2.45) is 0 Å². The van der Waals surface area contributed by atoms with Crippen molar-refractivity contribution >= 4 is 29.3 Å². The highest BCUT2D eigenvalue weighted by molar-refractivity contribution is 7.80. The highest BCUT2D eigenvalue weighted by atomic mass is 32.1. The maximum Gasteiger partial charge on any atom is 0.262 e.